The molecule has 128 valence electrons. The molecule has 0 radical (unpaired) electrons. The van der Waals surface area contributed by atoms with Gasteiger partial charge in [-0.25, -0.2) is 0 Å². The zero-order valence-electron chi connectivity index (χ0n) is 13.9. The highest BCUT2D eigenvalue weighted by atomic mass is 16.4. The van der Waals surface area contributed by atoms with Gasteiger partial charge in [-0.2, -0.15) is 0 Å². The third-order valence-electron chi connectivity index (χ3n) is 3.70. The van der Waals surface area contributed by atoms with Crippen molar-refractivity contribution < 1.29 is 14.3 Å². The van der Waals surface area contributed by atoms with Gasteiger partial charge in [-0.1, -0.05) is 25.1 Å². The van der Waals surface area contributed by atoms with Gasteiger partial charge in [-0.05, 0) is 32.0 Å². The largest absolute Gasteiger partial charge is 0.502 e. The lowest BCUT2D eigenvalue weighted by Gasteiger charge is -2.27. The fourth-order valence-electron chi connectivity index (χ4n) is 2.36. The van der Waals surface area contributed by atoms with E-state index in [0.717, 1.165) is 18.4 Å². The zero-order chi connectivity index (χ0) is 17.5. The molecule has 1 amide bonds. The van der Waals surface area contributed by atoms with E-state index in [1.54, 1.807) is 0 Å². The number of carbonyl (C=O) groups is 1. The van der Waals surface area contributed by atoms with E-state index in [9.17, 15) is 14.7 Å². The summed E-state index contributed by atoms with van der Waals surface area (Å²) in [5, 5.41) is 12.1. The molecule has 0 aliphatic heterocycles. The number of rotatable bonds is 7. The van der Waals surface area contributed by atoms with E-state index < -0.39 is 17.2 Å². The summed E-state index contributed by atoms with van der Waals surface area (Å²) in [6.07, 6.45) is 1.88. The molecule has 1 aromatic heterocycles. The number of anilines is 1. The fraction of sp³-hybridized carbons (Fsp3) is 0.333. The first-order valence-corrected chi connectivity index (χ1v) is 7.92. The molecule has 0 fully saturated rings. The first kappa shape index (κ1) is 17.7. The van der Waals surface area contributed by atoms with Gasteiger partial charge in [-0.3, -0.25) is 14.5 Å². The number of carbonyl (C=O) groups excluding carboxylic acids is 1. The van der Waals surface area contributed by atoms with Crippen LogP contribution in [0.4, 0.5) is 5.69 Å². The van der Waals surface area contributed by atoms with Gasteiger partial charge < -0.3 is 14.8 Å². The second-order valence-electron chi connectivity index (χ2n) is 5.60. The van der Waals surface area contributed by atoms with Gasteiger partial charge in [0.1, 0.15) is 12.0 Å². The van der Waals surface area contributed by atoms with E-state index in [1.165, 1.54) is 6.07 Å². The summed E-state index contributed by atoms with van der Waals surface area (Å²) in [5.74, 6) is -0.142. The third kappa shape index (κ3) is 4.70. The number of para-hydroxylation sites is 1. The zero-order valence-corrected chi connectivity index (χ0v) is 13.9. The van der Waals surface area contributed by atoms with Crippen molar-refractivity contribution in [3.63, 3.8) is 0 Å². The molecule has 2 rings (SSSR count). The van der Waals surface area contributed by atoms with Crippen LogP contribution in [0.15, 0.2) is 51.9 Å². The average Bonchev–Trinajstić information content (AvgIpc) is 2.58. The number of benzene rings is 1. The predicted molar refractivity (Wildman–Crippen MR) is 91.9 cm³/mol. The summed E-state index contributed by atoms with van der Waals surface area (Å²) in [7, 11) is 0. The van der Waals surface area contributed by atoms with Gasteiger partial charge in [0.2, 0.25) is 11.3 Å². The first-order chi connectivity index (χ1) is 11.5. The lowest BCUT2D eigenvalue weighted by atomic mass is 10.2. The minimum absolute atomic E-state index is 0.129. The Hall–Kier alpha value is -2.60. The fourth-order valence-corrected chi connectivity index (χ4v) is 2.36. The van der Waals surface area contributed by atoms with Crippen LogP contribution in [-0.4, -0.2) is 28.5 Å². The van der Waals surface area contributed by atoms with Gasteiger partial charge in [0.05, 0.1) is 12.6 Å². The van der Waals surface area contributed by atoms with E-state index >= 15 is 0 Å². The molecule has 1 heterocycles. The van der Waals surface area contributed by atoms with Gasteiger partial charge in [-0.15, -0.1) is 0 Å². The molecule has 6 heteroatoms. The average molecular weight is 330 g/mol. The van der Waals surface area contributed by atoms with Gasteiger partial charge in [0.25, 0.3) is 0 Å². The van der Waals surface area contributed by atoms with E-state index in [0.29, 0.717) is 18.8 Å². The van der Waals surface area contributed by atoms with E-state index in [-0.39, 0.29) is 5.91 Å². The number of hydrogen-bond donors (Lipinski definition) is 2. The Morgan fingerprint density at radius 2 is 2.04 bits per heavy atom. The minimum Gasteiger partial charge on any atom is -0.502 e. The molecule has 0 saturated heterocycles. The van der Waals surface area contributed by atoms with Crippen molar-refractivity contribution in [2.24, 2.45) is 0 Å². The quantitative estimate of drug-likeness (QED) is 0.815. The van der Waals surface area contributed by atoms with Crippen molar-refractivity contribution in [3.05, 3.63) is 58.6 Å². The van der Waals surface area contributed by atoms with Crippen molar-refractivity contribution in [1.82, 2.24) is 4.90 Å². The van der Waals surface area contributed by atoms with E-state index in [2.05, 4.69) is 5.32 Å². The van der Waals surface area contributed by atoms with Crippen LogP contribution in [0.25, 0.3) is 0 Å². The number of hydrogen-bond acceptors (Lipinski definition) is 5. The topological polar surface area (TPSA) is 82.8 Å². The van der Waals surface area contributed by atoms with Crippen LogP contribution in [-0.2, 0) is 11.3 Å². The highest BCUT2D eigenvalue weighted by molar-refractivity contribution is 5.94. The molecule has 2 N–H and O–H groups in total. The maximum atomic E-state index is 12.5. The number of amides is 1. The highest BCUT2D eigenvalue weighted by Gasteiger charge is 2.22. The minimum atomic E-state index is -0.492. The smallest absolute Gasteiger partial charge is 0.241 e. The normalized spacial score (nSPS) is 12.1. The van der Waals surface area contributed by atoms with E-state index in [4.69, 9.17) is 4.42 Å². The van der Waals surface area contributed by atoms with Crippen LogP contribution in [0.2, 0.25) is 0 Å². The van der Waals surface area contributed by atoms with E-state index in [1.807, 2.05) is 49.1 Å². The maximum absolute atomic E-state index is 12.5. The van der Waals surface area contributed by atoms with Crippen molar-refractivity contribution >= 4 is 11.6 Å². The van der Waals surface area contributed by atoms with Crippen molar-refractivity contribution in [2.45, 2.75) is 32.9 Å². The van der Waals surface area contributed by atoms with Crippen LogP contribution in [0.5, 0.6) is 5.75 Å². The molecule has 0 aliphatic rings. The molecule has 1 unspecified atom stereocenters. The third-order valence-corrected chi connectivity index (χ3v) is 3.70. The lowest BCUT2D eigenvalue weighted by molar-refractivity contribution is -0.121. The molecule has 0 bridgehead atoms. The first-order valence-electron chi connectivity index (χ1n) is 7.92. The summed E-state index contributed by atoms with van der Waals surface area (Å²) in [4.78, 5) is 25.9. The summed E-state index contributed by atoms with van der Waals surface area (Å²) < 4.78 is 5.24. The Kier molecular flexibility index (Phi) is 6.14. The van der Waals surface area contributed by atoms with Crippen LogP contribution in [0.1, 0.15) is 26.0 Å². The molecule has 1 atom stereocenters. The van der Waals surface area contributed by atoms with Crippen molar-refractivity contribution in [1.29, 1.82) is 0 Å². The SMILES string of the molecule is CCCN(Cc1cc(=O)c(O)co1)C(C)C(=O)Nc1ccccc1. The van der Waals surface area contributed by atoms with Gasteiger partial charge in [0.15, 0.2) is 5.75 Å². The van der Waals surface area contributed by atoms with Crippen LogP contribution in [0, 0.1) is 0 Å². The molecule has 24 heavy (non-hydrogen) atoms. The molecule has 0 aliphatic carbocycles. The Labute approximate surface area is 140 Å². The summed E-state index contributed by atoms with van der Waals surface area (Å²) in [6, 6.07) is 10.1. The molecule has 2 aromatic rings. The lowest BCUT2D eigenvalue weighted by Crippen LogP contribution is -2.42. The molecule has 1 aromatic carbocycles. The van der Waals surface area contributed by atoms with Crippen LogP contribution >= 0.6 is 0 Å². The monoisotopic (exact) mass is 330 g/mol. The van der Waals surface area contributed by atoms with Crippen molar-refractivity contribution in [3.8, 4) is 5.75 Å². The summed E-state index contributed by atoms with van der Waals surface area (Å²) >= 11 is 0. The van der Waals surface area contributed by atoms with Gasteiger partial charge in [0, 0.05) is 11.8 Å². The Balaban J connectivity index is 2.08. The molecule has 0 saturated carbocycles. The predicted octanol–water partition coefficient (Wildman–Crippen LogP) is 2.58. The maximum Gasteiger partial charge on any atom is 0.241 e. The summed E-state index contributed by atoms with van der Waals surface area (Å²) in [5.41, 5.74) is 0.246. The summed E-state index contributed by atoms with van der Waals surface area (Å²) in [6.45, 7) is 4.81. The van der Waals surface area contributed by atoms with Crippen LogP contribution in [0.3, 0.4) is 0 Å². The molecule has 6 nitrogen and oxygen atoms in total. The Morgan fingerprint density at radius 1 is 1.33 bits per heavy atom. The molecular formula is C18H22N2O4. The number of nitrogens with one attached hydrogen (secondary N) is 1. The van der Waals surface area contributed by atoms with Crippen molar-refractivity contribution in [2.75, 3.05) is 11.9 Å². The molecule has 0 spiro atoms. The number of nitrogens with zero attached hydrogens (tertiary/aromatic N) is 1. The molecular weight excluding hydrogens is 308 g/mol. The highest BCUT2D eigenvalue weighted by Crippen LogP contribution is 2.13. The second-order valence-corrected chi connectivity index (χ2v) is 5.60. The van der Waals surface area contributed by atoms with Gasteiger partial charge >= 0.3 is 0 Å². The Bertz CT molecular complexity index is 727. The Morgan fingerprint density at radius 3 is 2.67 bits per heavy atom. The standard InChI is InChI=1S/C18H22N2O4/c1-3-9-20(11-15-10-16(21)17(22)12-24-15)13(2)18(23)19-14-7-5-4-6-8-14/h4-8,10,12-13,22H,3,9,11H2,1-2H3,(H,19,23). The second kappa shape index (κ2) is 8.31. The van der Waals surface area contributed by atoms with Crippen LogP contribution < -0.4 is 10.7 Å². The number of aromatic hydroxyl groups is 1.